The summed E-state index contributed by atoms with van der Waals surface area (Å²) in [7, 11) is 1.47. The minimum absolute atomic E-state index is 0.0715. The Kier molecular flexibility index (Phi) is 3.92. The fraction of sp³-hybridized carbons (Fsp3) is 0.211. The van der Waals surface area contributed by atoms with Gasteiger partial charge in [0.1, 0.15) is 5.82 Å². The zero-order valence-electron chi connectivity index (χ0n) is 14.3. The smallest absolute Gasteiger partial charge is 0.271 e. The SMILES string of the molecule is CN1C(=O)c2ccccc2N2C(=O)CC[C@]12C(=O)Nc1ccc(Cl)cc1F. The van der Waals surface area contributed by atoms with E-state index < -0.39 is 17.4 Å². The van der Waals surface area contributed by atoms with Crippen LogP contribution in [0.4, 0.5) is 15.8 Å². The molecule has 2 heterocycles. The van der Waals surface area contributed by atoms with E-state index in [9.17, 15) is 18.8 Å². The lowest BCUT2D eigenvalue weighted by Gasteiger charge is -2.47. The van der Waals surface area contributed by atoms with Crippen molar-refractivity contribution in [2.75, 3.05) is 17.3 Å². The Balaban J connectivity index is 1.81. The summed E-state index contributed by atoms with van der Waals surface area (Å²) in [6.45, 7) is 0. The number of para-hydroxylation sites is 1. The lowest BCUT2D eigenvalue weighted by atomic mass is 9.96. The highest BCUT2D eigenvalue weighted by molar-refractivity contribution is 6.30. The van der Waals surface area contributed by atoms with Crippen LogP contribution in [-0.2, 0) is 9.59 Å². The molecule has 27 heavy (non-hydrogen) atoms. The van der Waals surface area contributed by atoms with Crippen LogP contribution < -0.4 is 10.2 Å². The second kappa shape index (κ2) is 6.06. The first kappa shape index (κ1) is 17.5. The summed E-state index contributed by atoms with van der Waals surface area (Å²) >= 11 is 5.75. The molecule has 8 heteroatoms. The van der Waals surface area contributed by atoms with Gasteiger partial charge in [0.2, 0.25) is 11.6 Å². The van der Waals surface area contributed by atoms with Gasteiger partial charge >= 0.3 is 0 Å². The lowest BCUT2D eigenvalue weighted by Crippen LogP contribution is -2.68. The fourth-order valence-corrected chi connectivity index (χ4v) is 3.90. The van der Waals surface area contributed by atoms with Gasteiger partial charge in [0.05, 0.1) is 16.9 Å². The van der Waals surface area contributed by atoms with Gasteiger partial charge in [0.15, 0.2) is 0 Å². The molecule has 1 saturated heterocycles. The van der Waals surface area contributed by atoms with Gasteiger partial charge in [-0.1, -0.05) is 23.7 Å². The highest BCUT2D eigenvalue weighted by atomic mass is 35.5. The molecule has 2 aliphatic heterocycles. The summed E-state index contributed by atoms with van der Waals surface area (Å²) in [5, 5.41) is 2.71. The number of halogens is 2. The fourth-order valence-electron chi connectivity index (χ4n) is 3.74. The number of nitrogens with zero attached hydrogens (tertiary/aromatic N) is 2. The van der Waals surface area contributed by atoms with Crippen molar-refractivity contribution in [1.29, 1.82) is 0 Å². The molecular formula is C19H15ClFN3O3. The zero-order chi connectivity index (χ0) is 19.3. The first-order valence-corrected chi connectivity index (χ1v) is 8.71. The third kappa shape index (κ3) is 2.42. The summed E-state index contributed by atoms with van der Waals surface area (Å²) in [5.41, 5.74) is -0.891. The van der Waals surface area contributed by atoms with E-state index in [0.717, 1.165) is 6.07 Å². The minimum Gasteiger partial charge on any atom is -0.320 e. The van der Waals surface area contributed by atoms with Crippen LogP contribution in [0.3, 0.4) is 0 Å². The van der Waals surface area contributed by atoms with E-state index in [0.29, 0.717) is 11.3 Å². The monoisotopic (exact) mass is 387 g/mol. The predicted molar refractivity (Wildman–Crippen MR) is 98.0 cm³/mol. The van der Waals surface area contributed by atoms with Crippen molar-refractivity contribution < 1.29 is 18.8 Å². The Morgan fingerprint density at radius 3 is 2.70 bits per heavy atom. The maximum Gasteiger partial charge on any atom is 0.271 e. The van der Waals surface area contributed by atoms with Gasteiger partial charge in [-0.3, -0.25) is 19.3 Å². The van der Waals surface area contributed by atoms with E-state index in [1.165, 1.54) is 29.0 Å². The van der Waals surface area contributed by atoms with Crippen LogP contribution in [0.15, 0.2) is 42.5 Å². The minimum atomic E-state index is -1.55. The molecule has 0 aromatic heterocycles. The van der Waals surface area contributed by atoms with Crippen molar-refractivity contribution in [3.8, 4) is 0 Å². The van der Waals surface area contributed by atoms with Crippen LogP contribution in [0.25, 0.3) is 0 Å². The molecular weight excluding hydrogens is 373 g/mol. The van der Waals surface area contributed by atoms with Crippen molar-refractivity contribution in [2.45, 2.75) is 18.5 Å². The molecule has 3 amide bonds. The van der Waals surface area contributed by atoms with Gasteiger partial charge in [0.25, 0.3) is 11.8 Å². The summed E-state index contributed by atoms with van der Waals surface area (Å²) in [6.07, 6.45) is 0.214. The van der Waals surface area contributed by atoms with Crippen molar-refractivity contribution >= 4 is 40.7 Å². The van der Waals surface area contributed by atoms with E-state index in [1.807, 2.05) is 0 Å². The molecule has 138 valence electrons. The number of benzene rings is 2. The van der Waals surface area contributed by atoms with E-state index >= 15 is 0 Å². The highest BCUT2D eigenvalue weighted by Crippen LogP contribution is 2.44. The number of nitrogens with one attached hydrogen (secondary N) is 1. The summed E-state index contributed by atoms with van der Waals surface area (Å²) in [5.74, 6) is -2.00. The molecule has 0 spiro atoms. The van der Waals surface area contributed by atoms with E-state index in [4.69, 9.17) is 11.6 Å². The van der Waals surface area contributed by atoms with Crippen LogP contribution >= 0.6 is 11.6 Å². The Morgan fingerprint density at radius 1 is 1.22 bits per heavy atom. The number of hydrogen-bond donors (Lipinski definition) is 1. The summed E-state index contributed by atoms with van der Waals surface area (Å²) in [4.78, 5) is 41.3. The largest absolute Gasteiger partial charge is 0.320 e. The molecule has 1 atom stereocenters. The second-order valence-electron chi connectivity index (χ2n) is 6.51. The van der Waals surface area contributed by atoms with Gasteiger partial charge in [-0.15, -0.1) is 0 Å². The van der Waals surface area contributed by atoms with Crippen molar-refractivity contribution in [2.24, 2.45) is 0 Å². The van der Waals surface area contributed by atoms with E-state index in [-0.39, 0.29) is 35.4 Å². The van der Waals surface area contributed by atoms with Crippen LogP contribution in [0.1, 0.15) is 23.2 Å². The standard InChI is InChI=1S/C19H15ClFN3O3/c1-23-17(26)12-4-2-3-5-15(12)24-16(25)8-9-19(23,24)18(27)22-14-7-6-11(20)10-13(14)21/h2-7,10H,8-9H2,1H3,(H,22,27)/t19-/m0/s1. The maximum absolute atomic E-state index is 14.1. The molecule has 2 aliphatic rings. The molecule has 0 radical (unpaired) electrons. The number of carbonyl (C=O) groups excluding carboxylic acids is 3. The van der Waals surface area contributed by atoms with Crippen LogP contribution in [0.5, 0.6) is 0 Å². The van der Waals surface area contributed by atoms with Crippen molar-refractivity contribution in [3.05, 3.63) is 58.9 Å². The number of fused-ring (bicyclic) bond motifs is 3. The predicted octanol–water partition coefficient (Wildman–Crippen LogP) is 3.03. The average molecular weight is 388 g/mol. The highest BCUT2D eigenvalue weighted by Gasteiger charge is 2.59. The molecule has 2 aromatic carbocycles. The molecule has 1 fully saturated rings. The Labute approximate surface area is 159 Å². The van der Waals surface area contributed by atoms with E-state index in [2.05, 4.69) is 5.32 Å². The van der Waals surface area contributed by atoms with Gasteiger partial charge < -0.3 is 10.2 Å². The van der Waals surface area contributed by atoms with Gasteiger partial charge in [-0.2, -0.15) is 0 Å². The molecule has 1 N–H and O–H groups in total. The molecule has 0 unspecified atom stereocenters. The Morgan fingerprint density at radius 2 is 1.96 bits per heavy atom. The Hall–Kier alpha value is -2.93. The quantitative estimate of drug-likeness (QED) is 0.861. The third-order valence-electron chi connectivity index (χ3n) is 5.08. The number of anilines is 2. The molecule has 6 nitrogen and oxygen atoms in total. The van der Waals surface area contributed by atoms with Crippen LogP contribution in [0, 0.1) is 5.82 Å². The topological polar surface area (TPSA) is 69.7 Å². The number of likely N-dealkylation sites (N-methyl/N-ethyl adjacent to an activating group) is 1. The number of rotatable bonds is 2. The molecule has 4 rings (SSSR count). The first-order valence-electron chi connectivity index (χ1n) is 8.33. The normalized spacial score (nSPS) is 21.1. The van der Waals surface area contributed by atoms with Crippen LogP contribution in [-0.4, -0.2) is 35.3 Å². The second-order valence-corrected chi connectivity index (χ2v) is 6.94. The lowest BCUT2D eigenvalue weighted by molar-refractivity contribution is -0.128. The molecule has 2 aromatic rings. The van der Waals surface area contributed by atoms with Gasteiger partial charge in [0, 0.05) is 24.9 Å². The summed E-state index contributed by atoms with van der Waals surface area (Å²) in [6, 6.07) is 10.5. The van der Waals surface area contributed by atoms with Crippen molar-refractivity contribution in [1.82, 2.24) is 4.90 Å². The Bertz CT molecular complexity index is 996. The first-order chi connectivity index (χ1) is 12.9. The number of carbonyl (C=O) groups is 3. The maximum atomic E-state index is 14.1. The molecule has 0 saturated carbocycles. The average Bonchev–Trinajstić information content (AvgIpc) is 3.01. The molecule has 0 bridgehead atoms. The van der Waals surface area contributed by atoms with Gasteiger partial charge in [-0.25, -0.2) is 4.39 Å². The number of hydrogen-bond acceptors (Lipinski definition) is 3. The van der Waals surface area contributed by atoms with Gasteiger partial charge in [-0.05, 0) is 30.3 Å². The molecule has 0 aliphatic carbocycles. The third-order valence-corrected chi connectivity index (χ3v) is 5.32. The zero-order valence-corrected chi connectivity index (χ0v) is 15.1. The van der Waals surface area contributed by atoms with Crippen LogP contribution in [0.2, 0.25) is 5.02 Å². The van der Waals surface area contributed by atoms with Crippen molar-refractivity contribution in [3.63, 3.8) is 0 Å². The summed E-state index contributed by atoms with van der Waals surface area (Å²) < 4.78 is 14.1. The number of amides is 3. The van der Waals surface area contributed by atoms with E-state index in [1.54, 1.807) is 24.3 Å².